The van der Waals surface area contributed by atoms with E-state index < -0.39 is 11.9 Å². The van der Waals surface area contributed by atoms with Gasteiger partial charge in [0.05, 0.1) is 21.3 Å². The van der Waals surface area contributed by atoms with Crippen LogP contribution in [0.15, 0.2) is 18.2 Å². The van der Waals surface area contributed by atoms with Crippen LogP contribution in [0.4, 0.5) is 0 Å². The Hall–Kier alpha value is -2.70. The van der Waals surface area contributed by atoms with Crippen LogP contribution in [0.3, 0.4) is 0 Å². The predicted octanol–water partition coefficient (Wildman–Crippen LogP) is 1.27. The van der Waals surface area contributed by atoms with Gasteiger partial charge in [0.25, 0.3) is 0 Å². The van der Waals surface area contributed by atoms with Crippen LogP contribution in [0, 0.1) is 0 Å². The van der Waals surface area contributed by atoms with Gasteiger partial charge in [0.1, 0.15) is 6.54 Å². The van der Waals surface area contributed by atoms with E-state index in [4.69, 9.17) is 19.3 Å². The Labute approximate surface area is 128 Å². The Bertz CT molecular complexity index is 556. The summed E-state index contributed by atoms with van der Waals surface area (Å²) in [5, 5.41) is 8.65. The zero-order chi connectivity index (χ0) is 16.7. The molecule has 120 valence electrons. The van der Waals surface area contributed by atoms with Gasteiger partial charge in [-0.15, -0.1) is 0 Å². The molecule has 7 heteroatoms. The first kappa shape index (κ1) is 17.4. The Balaban J connectivity index is 3.00. The topological polar surface area (TPSA) is 85.3 Å². The van der Waals surface area contributed by atoms with Crippen molar-refractivity contribution in [2.24, 2.45) is 0 Å². The molecule has 0 aromatic heterocycles. The lowest BCUT2D eigenvalue weighted by molar-refractivity contribution is -0.141. The highest BCUT2D eigenvalue weighted by atomic mass is 16.5. The first-order valence-electron chi connectivity index (χ1n) is 6.37. The van der Waals surface area contributed by atoms with Gasteiger partial charge in [-0.1, -0.05) is 0 Å². The average molecular weight is 309 g/mol. The number of hydrogen-bond acceptors (Lipinski definition) is 5. The molecule has 1 aromatic rings. The van der Waals surface area contributed by atoms with Crippen LogP contribution in [0.2, 0.25) is 0 Å². The first-order chi connectivity index (χ1) is 10.4. The fourth-order valence-electron chi connectivity index (χ4n) is 1.77. The number of likely N-dealkylation sites (N-methyl/N-ethyl adjacent to an activating group) is 1. The zero-order valence-electron chi connectivity index (χ0n) is 13.0. The normalized spacial score (nSPS) is 10.4. The van der Waals surface area contributed by atoms with E-state index in [2.05, 4.69) is 0 Å². The summed E-state index contributed by atoms with van der Waals surface area (Å²) in [6.07, 6.45) is 2.83. The van der Waals surface area contributed by atoms with Gasteiger partial charge >= 0.3 is 5.97 Å². The van der Waals surface area contributed by atoms with Crippen LogP contribution >= 0.6 is 0 Å². The van der Waals surface area contributed by atoms with Gasteiger partial charge in [0.2, 0.25) is 11.7 Å². The summed E-state index contributed by atoms with van der Waals surface area (Å²) in [5.74, 6) is -0.106. The Morgan fingerprint density at radius 1 is 1.14 bits per heavy atom. The van der Waals surface area contributed by atoms with Crippen LogP contribution < -0.4 is 14.2 Å². The van der Waals surface area contributed by atoms with Gasteiger partial charge in [0, 0.05) is 13.1 Å². The molecule has 0 aliphatic rings. The molecule has 0 bridgehead atoms. The van der Waals surface area contributed by atoms with Gasteiger partial charge < -0.3 is 24.2 Å². The highest BCUT2D eigenvalue weighted by Gasteiger charge is 2.13. The number of hydrogen-bond donors (Lipinski definition) is 1. The summed E-state index contributed by atoms with van der Waals surface area (Å²) in [6, 6.07) is 3.37. The maximum absolute atomic E-state index is 11.8. The molecule has 0 unspecified atom stereocenters. The molecule has 0 heterocycles. The van der Waals surface area contributed by atoms with Crippen LogP contribution in [0.1, 0.15) is 5.56 Å². The molecule has 0 aliphatic heterocycles. The van der Waals surface area contributed by atoms with E-state index >= 15 is 0 Å². The van der Waals surface area contributed by atoms with Crippen molar-refractivity contribution in [2.45, 2.75) is 0 Å². The molecule has 7 nitrogen and oxygen atoms in total. The van der Waals surface area contributed by atoms with Crippen molar-refractivity contribution >= 4 is 18.0 Å². The van der Waals surface area contributed by atoms with Gasteiger partial charge in [-0.3, -0.25) is 9.59 Å². The van der Waals surface area contributed by atoms with Gasteiger partial charge in [-0.25, -0.2) is 0 Å². The maximum Gasteiger partial charge on any atom is 0.323 e. The smallest absolute Gasteiger partial charge is 0.323 e. The lowest BCUT2D eigenvalue weighted by atomic mass is 10.1. The third kappa shape index (κ3) is 4.41. The molecule has 0 saturated heterocycles. The highest BCUT2D eigenvalue weighted by molar-refractivity contribution is 5.93. The molecule has 1 aromatic carbocycles. The minimum atomic E-state index is -1.07. The van der Waals surface area contributed by atoms with E-state index in [1.54, 1.807) is 18.2 Å². The number of carboxylic acids is 1. The molecule has 0 fully saturated rings. The number of nitrogens with zero attached hydrogens (tertiary/aromatic N) is 1. The van der Waals surface area contributed by atoms with E-state index in [0.717, 1.165) is 4.90 Å². The molecule has 0 aliphatic carbocycles. The highest BCUT2D eigenvalue weighted by Crippen LogP contribution is 2.38. The standard InChI is InChI=1S/C15H19NO6/c1-16(9-14(18)19)13(17)6-5-10-7-11(20-2)15(22-4)12(8-10)21-3/h5-8H,9H2,1-4H3,(H,18,19)/b6-5+. The van der Waals surface area contributed by atoms with Crippen molar-refractivity contribution in [3.63, 3.8) is 0 Å². The second-order valence-corrected chi connectivity index (χ2v) is 4.38. The van der Waals surface area contributed by atoms with Crippen molar-refractivity contribution in [1.29, 1.82) is 0 Å². The fourth-order valence-corrected chi connectivity index (χ4v) is 1.77. The van der Waals surface area contributed by atoms with Gasteiger partial charge in [0.15, 0.2) is 11.5 Å². The predicted molar refractivity (Wildman–Crippen MR) is 80.4 cm³/mol. The monoisotopic (exact) mass is 309 g/mol. The van der Waals surface area contributed by atoms with E-state index in [-0.39, 0.29) is 6.54 Å². The third-order valence-electron chi connectivity index (χ3n) is 2.85. The fraction of sp³-hybridized carbons (Fsp3) is 0.333. The van der Waals surface area contributed by atoms with Gasteiger partial charge in [-0.05, 0) is 23.8 Å². The van der Waals surface area contributed by atoms with Crippen molar-refractivity contribution in [3.05, 3.63) is 23.8 Å². The summed E-state index contributed by atoms with van der Waals surface area (Å²) < 4.78 is 15.6. The summed E-state index contributed by atoms with van der Waals surface area (Å²) >= 11 is 0. The number of ether oxygens (including phenoxy) is 3. The average Bonchev–Trinajstić information content (AvgIpc) is 2.50. The summed E-state index contributed by atoms with van der Waals surface area (Å²) in [5.41, 5.74) is 0.659. The number of aliphatic carboxylic acids is 1. The van der Waals surface area contributed by atoms with Crippen LogP contribution in [-0.2, 0) is 9.59 Å². The minimum Gasteiger partial charge on any atom is -0.493 e. The number of benzene rings is 1. The number of amides is 1. The number of carbonyl (C=O) groups is 2. The molecule has 0 atom stereocenters. The molecular formula is C15H19NO6. The van der Waals surface area contributed by atoms with Gasteiger partial charge in [-0.2, -0.15) is 0 Å². The summed E-state index contributed by atoms with van der Waals surface area (Å²) in [6.45, 7) is -0.363. The molecule has 22 heavy (non-hydrogen) atoms. The zero-order valence-corrected chi connectivity index (χ0v) is 13.0. The van der Waals surface area contributed by atoms with Crippen LogP contribution in [0.25, 0.3) is 6.08 Å². The molecule has 1 amide bonds. The Kier molecular flexibility index (Phi) is 6.25. The largest absolute Gasteiger partial charge is 0.493 e. The molecular weight excluding hydrogens is 290 g/mol. The quantitative estimate of drug-likeness (QED) is 0.763. The maximum atomic E-state index is 11.8. The lowest BCUT2D eigenvalue weighted by Crippen LogP contribution is -2.30. The molecule has 1 rings (SSSR count). The minimum absolute atomic E-state index is 0.363. The van der Waals surface area contributed by atoms with Crippen LogP contribution in [-0.4, -0.2) is 56.8 Å². The number of rotatable bonds is 7. The van der Waals surface area contributed by atoms with E-state index in [9.17, 15) is 9.59 Å². The van der Waals surface area contributed by atoms with E-state index in [1.165, 1.54) is 34.5 Å². The van der Waals surface area contributed by atoms with Crippen LogP contribution in [0.5, 0.6) is 17.2 Å². The Morgan fingerprint density at radius 2 is 1.68 bits per heavy atom. The van der Waals surface area contributed by atoms with Crippen molar-refractivity contribution in [2.75, 3.05) is 34.9 Å². The lowest BCUT2D eigenvalue weighted by Gasteiger charge is -2.13. The second kappa shape index (κ2) is 7.92. The molecule has 1 N–H and O–H groups in total. The van der Waals surface area contributed by atoms with Crippen molar-refractivity contribution in [1.82, 2.24) is 4.90 Å². The van der Waals surface area contributed by atoms with E-state index in [1.807, 2.05) is 0 Å². The van der Waals surface area contributed by atoms with Crippen molar-refractivity contribution in [3.8, 4) is 17.2 Å². The Morgan fingerprint density at radius 3 is 2.09 bits per heavy atom. The van der Waals surface area contributed by atoms with E-state index in [0.29, 0.717) is 22.8 Å². The third-order valence-corrected chi connectivity index (χ3v) is 2.85. The number of carbonyl (C=O) groups excluding carboxylic acids is 1. The van der Waals surface area contributed by atoms with Crippen molar-refractivity contribution < 1.29 is 28.9 Å². The number of methoxy groups -OCH3 is 3. The molecule has 0 saturated carbocycles. The molecule has 0 spiro atoms. The second-order valence-electron chi connectivity index (χ2n) is 4.38. The SMILES string of the molecule is COc1cc(/C=C/C(=O)N(C)CC(=O)O)cc(OC)c1OC. The summed E-state index contributed by atoms with van der Waals surface area (Å²) in [7, 11) is 5.91. The first-order valence-corrected chi connectivity index (χ1v) is 6.37. The summed E-state index contributed by atoms with van der Waals surface area (Å²) in [4.78, 5) is 23.4. The molecule has 0 radical (unpaired) electrons. The number of carboxylic acid groups (broad SMARTS) is 1.